The summed E-state index contributed by atoms with van der Waals surface area (Å²) < 4.78 is 35.0. The van der Waals surface area contributed by atoms with Crippen LogP contribution in [0.5, 0.6) is 0 Å². The van der Waals surface area contributed by atoms with E-state index in [0.717, 1.165) is 22.0 Å². The SMILES string of the molecule is O=S(=O)(NC[C@@H](c1ccccc1Cl)c1c[nH]c2ccccc12)N1CCOCC1. The number of benzene rings is 2. The molecule has 0 saturated carbocycles. The van der Waals surface area contributed by atoms with Crippen LogP contribution in [0.3, 0.4) is 0 Å². The smallest absolute Gasteiger partial charge is 0.279 e. The molecule has 0 radical (unpaired) electrons. The van der Waals surface area contributed by atoms with E-state index in [-0.39, 0.29) is 12.5 Å². The summed E-state index contributed by atoms with van der Waals surface area (Å²) in [6, 6.07) is 15.5. The van der Waals surface area contributed by atoms with Crippen molar-refractivity contribution in [2.24, 2.45) is 0 Å². The largest absolute Gasteiger partial charge is 0.379 e. The van der Waals surface area contributed by atoms with Gasteiger partial charge in [0.05, 0.1) is 13.2 Å². The average molecular weight is 420 g/mol. The van der Waals surface area contributed by atoms with Crippen LogP contribution in [-0.2, 0) is 14.9 Å². The van der Waals surface area contributed by atoms with Crippen molar-refractivity contribution in [3.8, 4) is 0 Å². The van der Waals surface area contributed by atoms with Gasteiger partial charge in [0.25, 0.3) is 10.2 Å². The first-order valence-corrected chi connectivity index (χ1v) is 11.0. The Balaban J connectivity index is 1.67. The lowest BCUT2D eigenvalue weighted by Gasteiger charge is -2.27. The molecule has 1 aliphatic rings. The minimum Gasteiger partial charge on any atom is -0.379 e. The number of halogens is 1. The molecule has 2 aromatic carbocycles. The number of hydrogen-bond donors (Lipinski definition) is 2. The molecule has 6 nitrogen and oxygen atoms in total. The molecule has 0 spiro atoms. The summed E-state index contributed by atoms with van der Waals surface area (Å²) in [6.07, 6.45) is 1.93. The molecule has 1 saturated heterocycles. The van der Waals surface area contributed by atoms with Crippen LogP contribution in [0, 0.1) is 0 Å². The number of para-hydroxylation sites is 1. The van der Waals surface area contributed by atoms with Crippen molar-refractivity contribution in [1.29, 1.82) is 0 Å². The van der Waals surface area contributed by atoms with Gasteiger partial charge in [-0.25, -0.2) is 4.72 Å². The Kier molecular flexibility index (Phi) is 5.70. The van der Waals surface area contributed by atoms with E-state index in [1.807, 2.05) is 54.7 Å². The van der Waals surface area contributed by atoms with Gasteiger partial charge in [0.2, 0.25) is 0 Å². The predicted molar refractivity (Wildman–Crippen MR) is 111 cm³/mol. The Morgan fingerprint density at radius 2 is 1.79 bits per heavy atom. The first-order chi connectivity index (χ1) is 13.6. The van der Waals surface area contributed by atoms with Crippen molar-refractivity contribution >= 4 is 32.7 Å². The van der Waals surface area contributed by atoms with Crippen LogP contribution in [-0.4, -0.2) is 50.6 Å². The summed E-state index contributed by atoms with van der Waals surface area (Å²) in [5.74, 6) is -0.222. The third kappa shape index (κ3) is 3.94. The highest BCUT2D eigenvalue weighted by Gasteiger charge is 2.27. The van der Waals surface area contributed by atoms with Crippen LogP contribution < -0.4 is 4.72 Å². The molecule has 1 aromatic heterocycles. The topological polar surface area (TPSA) is 74.4 Å². The van der Waals surface area contributed by atoms with Gasteiger partial charge in [-0.2, -0.15) is 12.7 Å². The lowest BCUT2D eigenvalue weighted by atomic mass is 9.91. The van der Waals surface area contributed by atoms with Crippen LogP contribution in [0.1, 0.15) is 17.0 Å². The van der Waals surface area contributed by atoms with E-state index < -0.39 is 10.2 Å². The number of nitrogens with zero attached hydrogens (tertiary/aromatic N) is 1. The molecule has 2 heterocycles. The number of rotatable bonds is 6. The van der Waals surface area contributed by atoms with Crippen LogP contribution in [0.4, 0.5) is 0 Å². The number of H-pyrrole nitrogens is 1. The Morgan fingerprint density at radius 1 is 1.07 bits per heavy atom. The molecule has 1 fully saturated rings. The van der Waals surface area contributed by atoms with Crippen molar-refractivity contribution in [1.82, 2.24) is 14.0 Å². The molecule has 28 heavy (non-hydrogen) atoms. The molecule has 148 valence electrons. The van der Waals surface area contributed by atoms with E-state index in [0.29, 0.717) is 31.3 Å². The third-order valence-corrected chi connectivity index (χ3v) is 6.98. The normalized spacial score (nSPS) is 17.0. The molecule has 3 aromatic rings. The Hall–Kier alpha value is -1.90. The van der Waals surface area contributed by atoms with Crippen molar-refractivity contribution < 1.29 is 13.2 Å². The van der Waals surface area contributed by atoms with E-state index in [1.54, 1.807) is 0 Å². The first-order valence-electron chi connectivity index (χ1n) is 9.19. The first kappa shape index (κ1) is 19.4. The second kappa shape index (κ2) is 8.23. The fraction of sp³-hybridized carbons (Fsp3) is 0.300. The van der Waals surface area contributed by atoms with Crippen LogP contribution >= 0.6 is 11.6 Å². The highest BCUT2D eigenvalue weighted by atomic mass is 35.5. The summed E-state index contributed by atoms with van der Waals surface area (Å²) in [5, 5.41) is 1.67. The zero-order valence-corrected chi connectivity index (χ0v) is 16.8. The minimum atomic E-state index is -3.59. The Labute approximate surface area is 169 Å². The average Bonchev–Trinajstić information content (AvgIpc) is 3.14. The van der Waals surface area contributed by atoms with E-state index in [9.17, 15) is 8.42 Å². The van der Waals surface area contributed by atoms with Gasteiger partial charge in [-0.05, 0) is 23.3 Å². The fourth-order valence-electron chi connectivity index (χ4n) is 3.59. The monoisotopic (exact) mass is 419 g/mol. The number of aromatic nitrogens is 1. The maximum atomic E-state index is 12.8. The molecule has 1 atom stereocenters. The molecule has 8 heteroatoms. The Bertz CT molecular complexity index is 1060. The van der Waals surface area contributed by atoms with Gasteiger partial charge in [0.1, 0.15) is 0 Å². The number of ether oxygens (including phenoxy) is 1. The van der Waals surface area contributed by atoms with Gasteiger partial charge in [0.15, 0.2) is 0 Å². The molecule has 2 N–H and O–H groups in total. The number of hydrogen-bond acceptors (Lipinski definition) is 3. The van der Waals surface area contributed by atoms with Crippen LogP contribution in [0.15, 0.2) is 54.7 Å². The van der Waals surface area contributed by atoms with Gasteiger partial charge in [-0.1, -0.05) is 48.0 Å². The zero-order chi connectivity index (χ0) is 19.6. The second-order valence-corrected chi connectivity index (χ2v) is 8.89. The quantitative estimate of drug-likeness (QED) is 0.644. The molecule has 4 rings (SSSR count). The van der Waals surface area contributed by atoms with Gasteiger partial charge < -0.3 is 9.72 Å². The second-order valence-electron chi connectivity index (χ2n) is 6.73. The maximum absolute atomic E-state index is 12.8. The van der Waals surface area contributed by atoms with E-state index in [4.69, 9.17) is 16.3 Å². The van der Waals surface area contributed by atoms with Crippen molar-refractivity contribution in [2.45, 2.75) is 5.92 Å². The van der Waals surface area contributed by atoms with Crippen molar-refractivity contribution in [3.05, 3.63) is 70.9 Å². The summed E-state index contributed by atoms with van der Waals surface area (Å²) in [6.45, 7) is 1.76. The van der Waals surface area contributed by atoms with E-state index in [1.165, 1.54) is 4.31 Å². The molecule has 0 aliphatic carbocycles. The van der Waals surface area contributed by atoms with Gasteiger partial charge in [0, 0.05) is 47.7 Å². The summed E-state index contributed by atoms with van der Waals surface area (Å²) in [7, 11) is -3.59. The molecule has 0 unspecified atom stereocenters. The highest BCUT2D eigenvalue weighted by molar-refractivity contribution is 7.87. The Morgan fingerprint density at radius 3 is 2.57 bits per heavy atom. The van der Waals surface area contributed by atoms with Crippen molar-refractivity contribution in [2.75, 3.05) is 32.8 Å². The highest BCUT2D eigenvalue weighted by Crippen LogP contribution is 2.34. The molecular weight excluding hydrogens is 398 g/mol. The number of morpholine rings is 1. The summed E-state index contributed by atoms with van der Waals surface area (Å²) >= 11 is 6.47. The number of nitrogens with one attached hydrogen (secondary N) is 2. The van der Waals surface area contributed by atoms with Crippen LogP contribution in [0.2, 0.25) is 5.02 Å². The molecule has 0 amide bonds. The van der Waals surface area contributed by atoms with E-state index in [2.05, 4.69) is 9.71 Å². The standard InChI is InChI=1S/C20H22ClN3O3S/c21-19-7-3-1-5-15(19)18(17-13-22-20-8-4-2-6-16(17)20)14-23-28(25,26)24-9-11-27-12-10-24/h1-8,13,18,22-23H,9-12,14H2/t18-/m0/s1. The van der Waals surface area contributed by atoms with Crippen molar-refractivity contribution in [3.63, 3.8) is 0 Å². The lowest BCUT2D eigenvalue weighted by molar-refractivity contribution is 0.0725. The predicted octanol–water partition coefficient (Wildman–Crippen LogP) is 3.12. The minimum absolute atomic E-state index is 0.214. The van der Waals surface area contributed by atoms with Crippen LogP contribution in [0.25, 0.3) is 10.9 Å². The number of aromatic amines is 1. The maximum Gasteiger partial charge on any atom is 0.279 e. The van der Waals surface area contributed by atoms with Gasteiger partial charge in [-0.15, -0.1) is 0 Å². The van der Waals surface area contributed by atoms with Gasteiger partial charge in [-0.3, -0.25) is 0 Å². The lowest BCUT2D eigenvalue weighted by Crippen LogP contribution is -2.47. The molecule has 1 aliphatic heterocycles. The van der Waals surface area contributed by atoms with Gasteiger partial charge >= 0.3 is 0 Å². The zero-order valence-electron chi connectivity index (χ0n) is 15.3. The summed E-state index contributed by atoms with van der Waals surface area (Å²) in [5.41, 5.74) is 2.90. The fourth-order valence-corrected chi connectivity index (χ4v) is 5.05. The molecular formula is C20H22ClN3O3S. The summed E-state index contributed by atoms with van der Waals surface area (Å²) in [4.78, 5) is 3.27. The third-order valence-electron chi connectivity index (χ3n) is 5.06. The van der Waals surface area contributed by atoms with E-state index >= 15 is 0 Å². The number of fused-ring (bicyclic) bond motifs is 1. The molecule has 0 bridgehead atoms.